The lowest BCUT2D eigenvalue weighted by atomic mass is 9.74. The smallest absolute Gasteiger partial charge is 0.0750 e. The van der Waals surface area contributed by atoms with Crippen LogP contribution in [0.25, 0.3) is 0 Å². The standard InChI is InChI=1S/C15H26O/c1-10(2)8-14-13-9-15(16-14,11(3)4)7-6-12(13)5/h6,10-11,13-14H,7-9H2,1-5H3/t13-,14+,15-/m1/s1. The van der Waals surface area contributed by atoms with Crippen molar-refractivity contribution >= 4 is 0 Å². The van der Waals surface area contributed by atoms with Crippen molar-refractivity contribution in [1.29, 1.82) is 0 Å². The molecule has 1 fully saturated rings. The van der Waals surface area contributed by atoms with Crippen LogP contribution < -0.4 is 0 Å². The van der Waals surface area contributed by atoms with Gasteiger partial charge in [0, 0.05) is 5.92 Å². The van der Waals surface area contributed by atoms with E-state index >= 15 is 0 Å². The van der Waals surface area contributed by atoms with Gasteiger partial charge in [0.2, 0.25) is 0 Å². The van der Waals surface area contributed by atoms with Crippen LogP contribution in [0, 0.1) is 17.8 Å². The highest BCUT2D eigenvalue weighted by atomic mass is 16.5. The Hall–Kier alpha value is -0.300. The van der Waals surface area contributed by atoms with Crippen molar-refractivity contribution in [3.05, 3.63) is 11.6 Å². The Morgan fingerprint density at radius 1 is 1.38 bits per heavy atom. The molecule has 0 aromatic carbocycles. The van der Waals surface area contributed by atoms with Gasteiger partial charge in [-0.2, -0.15) is 0 Å². The molecule has 0 N–H and O–H groups in total. The summed E-state index contributed by atoms with van der Waals surface area (Å²) in [5.41, 5.74) is 1.73. The van der Waals surface area contributed by atoms with E-state index in [4.69, 9.17) is 4.74 Å². The quantitative estimate of drug-likeness (QED) is 0.651. The van der Waals surface area contributed by atoms with E-state index in [1.54, 1.807) is 5.57 Å². The molecule has 1 heteroatoms. The maximum atomic E-state index is 6.46. The van der Waals surface area contributed by atoms with Gasteiger partial charge in [0.1, 0.15) is 0 Å². The molecule has 2 rings (SSSR count). The van der Waals surface area contributed by atoms with E-state index < -0.39 is 0 Å². The lowest BCUT2D eigenvalue weighted by molar-refractivity contribution is -0.0745. The number of hydrogen-bond donors (Lipinski definition) is 0. The van der Waals surface area contributed by atoms with Gasteiger partial charge < -0.3 is 4.74 Å². The van der Waals surface area contributed by atoms with E-state index in [-0.39, 0.29) is 5.60 Å². The molecule has 1 aliphatic heterocycles. The summed E-state index contributed by atoms with van der Waals surface area (Å²) in [6, 6.07) is 0. The van der Waals surface area contributed by atoms with Gasteiger partial charge in [-0.1, -0.05) is 39.3 Å². The fourth-order valence-electron chi connectivity index (χ4n) is 3.29. The molecular weight excluding hydrogens is 196 g/mol. The van der Waals surface area contributed by atoms with Crippen molar-refractivity contribution in [3.63, 3.8) is 0 Å². The fourth-order valence-corrected chi connectivity index (χ4v) is 3.29. The van der Waals surface area contributed by atoms with Crippen LogP contribution in [0.15, 0.2) is 11.6 Å². The monoisotopic (exact) mass is 222 g/mol. The Labute approximate surface area is 100 Å². The second kappa shape index (κ2) is 4.18. The van der Waals surface area contributed by atoms with Crippen molar-refractivity contribution in [2.24, 2.45) is 17.8 Å². The minimum atomic E-state index is 0.156. The van der Waals surface area contributed by atoms with Gasteiger partial charge in [-0.3, -0.25) is 0 Å². The molecule has 3 atom stereocenters. The molecule has 1 nitrogen and oxygen atoms in total. The van der Waals surface area contributed by atoms with Crippen molar-refractivity contribution < 1.29 is 4.74 Å². The molecule has 1 heterocycles. The third-order valence-corrected chi connectivity index (χ3v) is 4.51. The van der Waals surface area contributed by atoms with Crippen molar-refractivity contribution in [3.8, 4) is 0 Å². The molecule has 16 heavy (non-hydrogen) atoms. The van der Waals surface area contributed by atoms with E-state index in [2.05, 4.69) is 40.7 Å². The molecule has 0 amide bonds. The van der Waals surface area contributed by atoms with E-state index in [9.17, 15) is 0 Å². The molecule has 0 aromatic heterocycles. The molecule has 1 aliphatic carbocycles. The minimum absolute atomic E-state index is 0.156. The average Bonchev–Trinajstić information content (AvgIpc) is 2.48. The molecule has 1 saturated heterocycles. The second-order valence-corrected chi connectivity index (χ2v) is 6.47. The maximum Gasteiger partial charge on any atom is 0.0750 e. The third kappa shape index (κ3) is 1.95. The van der Waals surface area contributed by atoms with Gasteiger partial charge in [-0.25, -0.2) is 0 Å². The first-order chi connectivity index (χ1) is 7.44. The predicted molar refractivity (Wildman–Crippen MR) is 68.4 cm³/mol. The lowest BCUT2D eigenvalue weighted by Crippen LogP contribution is -2.35. The van der Waals surface area contributed by atoms with E-state index in [1.807, 2.05) is 0 Å². The van der Waals surface area contributed by atoms with Crippen molar-refractivity contribution in [2.75, 3.05) is 0 Å². The van der Waals surface area contributed by atoms with Crippen LogP contribution >= 0.6 is 0 Å². The summed E-state index contributed by atoms with van der Waals surface area (Å²) >= 11 is 0. The Kier molecular flexibility index (Phi) is 3.18. The van der Waals surface area contributed by atoms with Gasteiger partial charge in [0.15, 0.2) is 0 Å². The molecule has 0 spiro atoms. The number of fused-ring (bicyclic) bond motifs is 2. The second-order valence-electron chi connectivity index (χ2n) is 6.47. The highest BCUT2D eigenvalue weighted by Gasteiger charge is 2.50. The molecule has 2 aliphatic rings. The van der Waals surface area contributed by atoms with Gasteiger partial charge in [-0.15, -0.1) is 0 Å². The van der Waals surface area contributed by atoms with Crippen LogP contribution in [0.2, 0.25) is 0 Å². The summed E-state index contributed by atoms with van der Waals surface area (Å²) in [4.78, 5) is 0. The molecule has 0 saturated carbocycles. The lowest BCUT2D eigenvalue weighted by Gasteiger charge is -2.34. The molecule has 92 valence electrons. The Morgan fingerprint density at radius 3 is 2.62 bits per heavy atom. The summed E-state index contributed by atoms with van der Waals surface area (Å²) in [7, 11) is 0. The van der Waals surface area contributed by atoms with Crippen LogP contribution in [0.5, 0.6) is 0 Å². The zero-order valence-electron chi connectivity index (χ0n) is 11.4. The average molecular weight is 222 g/mol. The summed E-state index contributed by atoms with van der Waals surface area (Å²) in [5, 5.41) is 0. The van der Waals surface area contributed by atoms with Crippen LogP contribution in [0.4, 0.5) is 0 Å². The van der Waals surface area contributed by atoms with Crippen molar-refractivity contribution in [1.82, 2.24) is 0 Å². The molecular formula is C15H26O. The van der Waals surface area contributed by atoms with Gasteiger partial charge >= 0.3 is 0 Å². The van der Waals surface area contributed by atoms with Gasteiger partial charge in [-0.05, 0) is 38.0 Å². The first kappa shape index (κ1) is 12.2. The van der Waals surface area contributed by atoms with Gasteiger partial charge in [0.05, 0.1) is 11.7 Å². The molecule has 0 unspecified atom stereocenters. The highest BCUT2D eigenvalue weighted by molar-refractivity contribution is 5.19. The Bertz CT molecular complexity index is 290. The number of rotatable bonds is 3. The van der Waals surface area contributed by atoms with Crippen LogP contribution in [0.1, 0.15) is 53.9 Å². The minimum Gasteiger partial charge on any atom is -0.371 e. The summed E-state index contributed by atoms with van der Waals surface area (Å²) in [6.07, 6.45) is 6.49. The van der Waals surface area contributed by atoms with Gasteiger partial charge in [0.25, 0.3) is 0 Å². The zero-order valence-corrected chi connectivity index (χ0v) is 11.4. The van der Waals surface area contributed by atoms with Crippen LogP contribution in [0.3, 0.4) is 0 Å². The maximum absolute atomic E-state index is 6.46. The number of hydrogen-bond acceptors (Lipinski definition) is 1. The third-order valence-electron chi connectivity index (χ3n) is 4.51. The SMILES string of the molecule is CC1=CC[C@]2(C(C)C)C[C@H]1[C@H](CC(C)C)O2. The highest BCUT2D eigenvalue weighted by Crippen LogP contribution is 2.50. The van der Waals surface area contributed by atoms with Crippen molar-refractivity contribution in [2.45, 2.75) is 65.6 Å². The van der Waals surface area contributed by atoms with Crippen LogP contribution in [-0.2, 0) is 4.74 Å². The largest absolute Gasteiger partial charge is 0.371 e. The van der Waals surface area contributed by atoms with E-state index in [1.165, 1.54) is 12.8 Å². The first-order valence-electron chi connectivity index (χ1n) is 6.79. The summed E-state index contributed by atoms with van der Waals surface area (Å²) < 4.78 is 6.46. The van der Waals surface area contributed by atoms with E-state index in [0.29, 0.717) is 17.9 Å². The fraction of sp³-hybridized carbons (Fsp3) is 0.867. The van der Waals surface area contributed by atoms with E-state index in [0.717, 1.165) is 12.3 Å². The van der Waals surface area contributed by atoms with Crippen LogP contribution in [-0.4, -0.2) is 11.7 Å². The first-order valence-corrected chi connectivity index (χ1v) is 6.79. The predicted octanol–water partition coefficient (Wildman–Crippen LogP) is 4.18. The summed E-state index contributed by atoms with van der Waals surface area (Å²) in [6.45, 7) is 11.5. The summed E-state index contributed by atoms with van der Waals surface area (Å²) in [5.74, 6) is 2.07. The Balaban J connectivity index is 2.19. The Morgan fingerprint density at radius 2 is 2.06 bits per heavy atom. The topological polar surface area (TPSA) is 9.23 Å². The zero-order chi connectivity index (χ0) is 11.9. The molecule has 2 bridgehead atoms. The molecule has 0 radical (unpaired) electrons. The normalized spacial score (nSPS) is 38.3. The molecule has 0 aromatic rings. The number of ether oxygens (including phenoxy) is 1.